The Kier molecular flexibility index (Phi) is 4.61. The Balaban J connectivity index is 0. The van der Waals surface area contributed by atoms with Crippen molar-refractivity contribution in [3.05, 3.63) is 0 Å². The zero-order chi connectivity index (χ0) is 7.00. The third-order valence-corrected chi connectivity index (χ3v) is 0.536. The number of halogens is 6. The summed E-state index contributed by atoms with van der Waals surface area (Å²) < 4.78 is 53.8. The van der Waals surface area contributed by atoms with E-state index in [0.717, 1.165) is 0 Å². The van der Waals surface area contributed by atoms with Crippen molar-refractivity contribution in [3.8, 4) is 0 Å². The molecular weight excluding hydrogens is 362 g/mol. The molecule has 0 aliphatic heterocycles. The second kappa shape index (κ2) is 3.31. The molecule has 0 unspecified atom stereocenters. The molecule has 0 aliphatic rings. The van der Waals surface area contributed by atoms with Gasteiger partial charge in [0.2, 0.25) is 0 Å². The van der Waals surface area contributed by atoms with Crippen LogP contribution in [0, 0.1) is 0 Å². The summed E-state index contributed by atoms with van der Waals surface area (Å²) in [5, 5.41) is -5.09. The van der Waals surface area contributed by atoms with Crippen molar-refractivity contribution in [2.24, 2.45) is 0 Å². The molecule has 0 heterocycles. The van der Waals surface area contributed by atoms with E-state index in [9.17, 15) is 22.0 Å². The van der Waals surface area contributed by atoms with Gasteiger partial charge in [0.1, 0.15) is 0 Å². The maximum absolute atomic E-state index is 10.9. The van der Waals surface area contributed by atoms with E-state index in [1.165, 1.54) is 0 Å². The molecule has 7 heteroatoms. The van der Waals surface area contributed by atoms with E-state index in [4.69, 9.17) is 0 Å². The Morgan fingerprint density at radius 2 is 1.00 bits per heavy atom. The Hall–Kier alpha value is 0.862. The van der Waals surface area contributed by atoms with Crippen molar-refractivity contribution >= 4 is 38.9 Å². The third kappa shape index (κ3) is 4.29. The molecular formula is C2H2ClF5Pb. The fraction of sp³-hybridized carbons (Fsp3) is 1.00. The van der Waals surface area contributed by atoms with Crippen LogP contribution in [0.2, 0.25) is 0 Å². The molecule has 0 N–H and O–H groups in total. The molecule has 0 saturated heterocycles. The van der Waals surface area contributed by atoms with Crippen LogP contribution in [0.3, 0.4) is 0 Å². The van der Waals surface area contributed by atoms with E-state index in [-0.39, 0.29) is 27.3 Å². The summed E-state index contributed by atoms with van der Waals surface area (Å²) in [4.78, 5) is 0. The van der Waals surface area contributed by atoms with E-state index >= 15 is 0 Å². The van der Waals surface area contributed by atoms with Gasteiger partial charge in [-0.05, 0) is 11.6 Å². The molecule has 2 radical (unpaired) electrons. The molecule has 56 valence electrons. The van der Waals surface area contributed by atoms with E-state index < -0.39 is 11.6 Å². The normalized spacial score (nSPS) is 12.7. The van der Waals surface area contributed by atoms with Crippen molar-refractivity contribution in [3.63, 3.8) is 0 Å². The zero-order valence-corrected chi connectivity index (χ0v) is 10.2. The summed E-state index contributed by atoms with van der Waals surface area (Å²) in [7, 11) is 0. The van der Waals surface area contributed by atoms with Crippen LogP contribution in [0.15, 0.2) is 0 Å². The molecule has 0 rings (SSSR count). The molecule has 0 bridgehead atoms. The van der Waals surface area contributed by atoms with Crippen LogP contribution in [0.4, 0.5) is 22.0 Å². The van der Waals surface area contributed by atoms with Gasteiger partial charge in [0.05, 0.1) is 0 Å². The summed E-state index contributed by atoms with van der Waals surface area (Å²) >= 11 is 3.55. The van der Waals surface area contributed by atoms with Crippen LogP contribution in [-0.2, 0) is 0 Å². The fourth-order valence-corrected chi connectivity index (χ4v) is 0. The second-order valence-electron chi connectivity index (χ2n) is 0.996. The van der Waals surface area contributed by atoms with Crippen molar-refractivity contribution in [1.82, 2.24) is 0 Å². The van der Waals surface area contributed by atoms with Crippen LogP contribution in [0.5, 0.6) is 0 Å². The summed E-state index contributed by atoms with van der Waals surface area (Å²) in [5.41, 5.74) is 0. The first kappa shape index (κ1) is 12.5. The van der Waals surface area contributed by atoms with Gasteiger partial charge in [-0.1, -0.05) is 0 Å². The Labute approximate surface area is 72.5 Å². The second-order valence-corrected chi connectivity index (χ2v) is 1.47. The number of rotatable bonds is 0. The van der Waals surface area contributed by atoms with Gasteiger partial charge in [-0.2, -0.15) is 22.0 Å². The van der Waals surface area contributed by atoms with Crippen molar-refractivity contribution in [2.45, 2.75) is 11.6 Å². The minimum atomic E-state index is -5.63. The van der Waals surface area contributed by atoms with Gasteiger partial charge in [-0.25, -0.2) is 0 Å². The third-order valence-electron chi connectivity index (χ3n) is 0.321. The average molecular weight is 364 g/mol. The van der Waals surface area contributed by atoms with Crippen LogP contribution >= 0.6 is 11.6 Å². The van der Waals surface area contributed by atoms with E-state index in [2.05, 4.69) is 11.6 Å². The Morgan fingerprint density at radius 1 is 0.889 bits per heavy atom. The van der Waals surface area contributed by atoms with Crippen LogP contribution in [0.25, 0.3) is 0 Å². The summed E-state index contributed by atoms with van der Waals surface area (Å²) in [6.45, 7) is 0. The zero-order valence-electron chi connectivity index (χ0n) is 3.97. The van der Waals surface area contributed by atoms with Gasteiger partial charge in [0.25, 0.3) is 0 Å². The minimum absolute atomic E-state index is 0. The van der Waals surface area contributed by atoms with E-state index in [1.54, 1.807) is 0 Å². The van der Waals surface area contributed by atoms with Gasteiger partial charge in [0, 0.05) is 0 Å². The van der Waals surface area contributed by atoms with Crippen LogP contribution < -0.4 is 0 Å². The van der Waals surface area contributed by atoms with Crippen LogP contribution in [-0.4, -0.2) is 38.9 Å². The Morgan fingerprint density at radius 3 is 1.00 bits per heavy atom. The average Bonchev–Trinajstić information content (AvgIpc) is 1.25. The predicted molar refractivity (Wildman–Crippen MR) is 25.4 cm³/mol. The first-order valence-electron chi connectivity index (χ1n) is 1.38. The molecule has 0 amide bonds. The van der Waals surface area contributed by atoms with Gasteiger partial charge in [-0.15, -0.1) is 0 Å². The van der Waals surface area contributed by atoms with Crippen molar-refractivity contribution in [1.29, 1.82) is 0 Å². The molecule has 0 spiro atoms. The Bertz CT molecular complexity index is 69.9. The van der Waals surface area contributed by atoms with Gasteiger partial charge in [-0.3, -0.25) is 0 Å². The molecule has 0 aromatic heterocycles. The quantitative estimate of drug-likeness (QED) is 0.347. The molecule has 0 atom stereocenters. The standard InChI is InChI=1S/C2ClF5.Pb.2H/c3-1(4,5)2(6,7)8;;;. The SMILES string of the molecule is FC(F)(F)C(F)(F)Cl.[PbH2]. The molecule has 0 fully saturated rings. The summed E-state index contributed by atoms with van der Waals surface area (Å²) in [5.74, 6) is 0. The first-order chi connectivity index (χ1) is 3.25. The fourth-order valence-electron chi connectivity index (χ4n) is 0. The van der Waals surface area contributed by atoms with Crippen LogP contribution in [0.1, 0.15) is 0 Å². The summed E-state index contributed by atoms with van der Waals surface area (Å²) in [6.07, 6.45) is -5.63. The van der Waals surface area contributed by atoms with E-state index in [0.29, 0.717) is 0 Å². The first-order valence-corrected chi connectivity index (χ1v) is 1.76. The molecule has 0 nitrogen and oxygen atoms in total. The molecule has 0 aromatic rings. The summed E-state index contributed by atoms with van der Waals surface area (Å²) in [6, 6.07) is 0. The van der Waals surface area contributed by atoms with Gasteiger partial charge in [0.15, 0.2) is 0 Å². The number of hydrogen-bond donors (Lipinski definition) is 0. The number of hydrogen-bond acceptors (Lipinski definition) is 0. The number of alkyl halides is 6. The van der Waals surface area contributed by atoms with Gasteiger partial charge < -0.3 is 0 Å². The topological polar surface area (TPSA) is 0 Å². The molecule has 0 aromatic carbocycles. The predicted octanol–water partition coefficient (Wildman–Crippen LogP) is 1.46. The van der Waals surface area contributed by atoms with E-state index in [1.807, 2.05) is 0 Å². The molecule has 0 aliphatic carbocycles. The van der Waals surface area contributed by atoms with Gasteiger partial charge >= 0.3 is 38.9 Å². The van der Waals surface area contributed by atoms with Crippen molar-refractivity contribution < 1.29 is 22.0 Å². The van der Waals surface area contributed by atoms with Crippen molar-refractivity contribution in [2.75, 3.05) is 0 Å². The monoisotopic (exact) mass is 364 g/mol. The maximum atomic E-state index is 10.9. The molecule has 9 heavy (non-hydrogen) atoms. The molecule has 0 saturated carbocycles.